The molecule has 1 spiro atoms. The highest BCUT2D eigenvalue weighted by Crippen LogP contribution is 2.34. The third-order valence-electron chi connectivity index (χ3n) is 5.70. The largest absolute Gasteiger partial charge is 0.390 e. The van der Waals surface area contributed by atoms with Crippen molar-refractivity contribution in [3.05, 3.63) is 29.3 Å². The molecule has 24 heavy (non-hydrogen) atoms. The van der Waals surface area contributed by atoms with Gasteiger partial charge in [0.1, 0.15) is 5.60 Å². The lowest BCUT2D eigenvalue weighted by Crippen LogP contribution is -2.57. The number of hydrogen-bond acceptors (Lipinski definition) is 4. The van der Waals surface area contributed by atoms with Crippen molar-refractivity contribution in [3.8, 4) is 0 Å². The molecule has 1 amide bonds. The Hall–Kier alpha value is -1.43. The van der Waals surface area contributed by atoms with E-state index >= 15 is 0 Å². The average Bonchev–Trinajstić information content (AvgIpc) is 3.20. The van der Waals surface area contributed by atoms with Gasteiger partial charge in [0.25, 0.3) is 0 Å². The fraction of sp³-hybridized carbons (Fsp3) is 0.632. The lowest BCUT2D eigenvalue weighted by molar-refractivity contribution is -0.137. The van der Waals surface area contributed by atoms with Crippen LogP contribution in [0.25, 0.3) is 0 Å². The number of nitrogens with zero attached hydrogens (tertiary/aromatic N) is 1. The van der Waals surface area contributed by atoms with Crippen molar-refractivity contribution in [1.29, 1.82) is 0 Å². The molecule has 2 aliphatic heterocycles. The zero-order valence-corrected chi connectivity index (χ0v) is 14.1. The lowest BCUT2D eigenvalue weighted by Gasteiger charge is -2.42. The first-order valence-corrected chi connectivity index (χ1v) is 9.11. The van der Waals surface area contributed by atoms with Crippen molar-refractivity contribution in [1.82, 2.24) is 4.90 Å². The summed E-state index contributed by atoms with van der Waals surface area (Å²) in [4.78, 5) is 14.5. The fourth-order valence-electron chi connectivity index (χ4n) is 4.43. The molecule has 4 rings (SSSR count). The van der Waals surface area contributed by atoms with Crippen molar-refractivity contribution in [3.63, 3.8) is 0 Å². The summed E-state index contributed by atoms with van der Waals surface area (Å²) in [5, 5.41) is 13.3. The van der Waals surface area contributed by atoms with Gasteiger partial charge < -0.3 is 15.2 Å². The van der Waals surface area contributed by atoms with E-state index in [1.165, 1.54) is 17.5 Å². The van der Waals surface area contributed by atoms with Crippen molar-refractivity contribution in [2.45, 2.75) is 50.2 Å². The van der Waals surface area contributed by atoms with Crippen LogP contribution in [0.2, 0.25) is 0 Å². The first-order chi connectivity index (χ1) is 11.6. The van der Waals surface area contributed by atoms with E-state index in [-0.39, 0.29) is 5.91 Å². The Bertz CT molecular complexity index is 625. The number of fused-ring (bicyclic) bond motifs is 1. The van der Waals surface area contributed by atoms with Crippen molar-refractivity contribution >= 4 is 11.6 Å². The van der Waals surface area contributed by atoms with Crippen LogP contribution < -0.4 is 5.32 Å². The number of aliphatic hydroxyl groups excluding tert-OH is 1. The van der Waals surface area contributed by atoms with Crippen LogP contribution in [0.4, 0.5) is 5.69 Å². The SMILES string of the molecule is O=C(CN1CC[C@H](O)[C@]2(CCCO2)C1)Nc1ccc2c(c1)CCC2. The Morgan fingerprint density at radius 1 is 1.33 bits per heavy atom. The third-order valence-corrected chi connectivity index (χ3v) is 5.70. The number of ether oxygens (including phenoxy) is 1. The highest BCUT2D eigenvalue weighted by molar-refractivity contribution is 5.92. The molecule has 1 aliphatic carbocycles. The Morgan fingerprint density at radius 3 is 3.04 bits per heavy atom. The Morgan fingerprint density at radius 2 is 2.21 bits per heavy atom. The second-order valence-corrected chi connectivity index (χ2v) is 7.42. The van der Waals surface area contributed by atoms with Gasteiger partial charge in [0.15, 0.2) is 0 Å². The minimum Gasteiger partial charge on any atom is -0.390 e. The van der Waals surface area contributed by atoms with E-state index in [1.54, 1.807) is 0 Å². The van der Waals surface area contributed by atoms with Crippen LogP contribution in [0.1, 0.15) is 36.8 Å². The number of carbonyl (C=O) groups excluding carboxylic acids is 1. The minimum absolute atomic E-state index is 0.0116. The Balaban J connectivity index is 1.36. The maximum absolute atomic E-state index is 12.4. The summed E-state index contributed by atoms with van der Waals surface area (Å²) in [5.74, 6) is 0.0116. The Labute approximate surface area is 143 Å². The number of anilines is 1. The quantitative estimate of drug-likeness (QED) is 0.886. The molecular weight excluding hydrogens is 304 g/mol. The molecule has 0 bridgehead atoms. The van der Waals surface area contributed by atoms with Gasteiger partial charge in [-0.15, -0.1) is 0 Å². The number of likely N-dealkylation sites (tertiary alicyclic amines) is 1. The second-order valence-electron chi connectivity index (χ2n) is 7.42. The van der Waals surface area contributed by atoms with Crippen molar-refractivity contribution < 1.29 is 14.6 Å². The van der Waals surface area contributed by atoms with Crippen LogP contribution in [0.5, 0.6) is 0 Å². The molecule has 5 nitrogen and oxygen atoms in total. The van der Waals surface area contributed by atoms with Gasteiger partial charge in [0.05, 0.1) is 12.6 Å². The second kappa shape index (κ2) is 6.47. The number of hydrogen-bond donors (Lipinski definition) is 2. The van der Waals surface area contributed by atoms with Gasteiger partial charge >= 0.3 is 0 Å². The van der Waals surface area contributed by atoms with Gasteiger partial charge in [-0.1, -0.05) is 6.07 Å². The van der Waals surface area contributed by atoms with Crippen LogP contribution in [0.15, 0.2) is 18.2 Å². The average molecular weight is 330 g/mol. The summed E-state index contributed by atoms with van der Waals surface area (Å²) < 4.78 is 5.85. The summed E-state index contributed by atoms with van der Waals surface area (Å²) in [6.07, 6.45) is 5.63. The van der Waals surface area contributed by atoms with Crippen LogP contribution in [-0.2, 0) is 22.4 Å². The van der Waals surface area contributed by atoms with Crippen LogP contribution in [0, 0.1) is 0 Å². The molecule has 0 saturated carbocycles. The number of aryl methyl sites for hydroxylation is 2. The molecular formula is C19H26N2O3. The smallest absolute Gasteiger partial charge is 0.238 e. The van der Waals surface area contributed by atoms with Gasteiger partial charge in [0.2, 0.25) is 5.91 Å². The number of carbonyl (C=O) groups is 1. The number of benzene rings is 1. The van der Waals surface area contributed by atoms with E-state index in [9.17, 15) is 9.90 Å². The van der Waals surface area contributed by atoms with E-state index < -0.39 is 11.7 Å². The summed E-state index contributed by atoms with van der Waals surface area (Å²) in [7, 11) is 0. The van der Waals surface area contributed by atoms with Gasteiger partial charge in [-0.25, -0.2) is 0 Å². The number of piperidine rings is 1. The topological polar surface area (TPSA) is 61.8 Å². The van der Waals surface area contributed by atoms with Gasteiger partial charge in [-0.3, -0.25) is 9.69 Å². The van der Waals surface area contributed by atoms with Crippen LogP contribution in [0.3, 0.4) is 0 Å². The molecule has 2 atom stereocenters. The monoisotopic (exact) mass is 330 g/mol. The lowest BCUT2D eigenvalue weighted by atomic mass is 9.87. The van der Waals surface area contributed by atoms with E-state index in [0.717, 1.165) is 37.9 Å². The molecule has 0 aromatic heterocycles. The normalized spacial score (nSPS) is 29.8. The van der Waals surface area contributed by atoms with E-state index in [4.69, 9.17) is 4.74 Å². The van der Waals surface area contributed by atoms with E-state index in [2.05, 4.69) is 22.3 Å². The van der Waals surface area contributed by atoms with Gasteiger partial charge in [-0.05, 0) is 61.8 Å². The summed E-state index contributed by atoms with van der Waals surface area (Å²) in [6.45, 7) is 2.46. The highest BCUT2D eigenvalue weighted by Gasteiger charge is 2.46. The summed E-state index contributed by atoms with van der Waals surface area (Å²) in [6, 6.07) is 6.25. The maximum atomic E-state index is 12.4. The molecule has 1 aromatic rings. The predicted molar refractivity (Wildman–Crippen MR) is 92.1 cm³/mol. The zero-order valence-electron chi connectivity index (χ0n) is 14.1. The number of nitrogens with one attached hydrogen (secondary N) is 1. The number of aliphatic hydroxyl groups is 1. The molecule has 5 heteroatoms. The molecule has 2 saturated heterocycles. The molecule has 0 unspecified atom stereocenters. The van der Waals surface area contributed by atoms with Crippen LogP contribution >= 0.6 is 0 Å². The zero-order chi connectivity index (χ0) is 16.6. The molecule has 3 aliphatic rings. The van der Waals surface area contributed by atoms with Gasteiger partial charge in [-0.2, -0.15) is 0 Å². The number of rotatable bonds is 3. The van der Waals surface area contributed by atoms with E-state index in [0.29, 0.717) is 26.1 Å². The summed E-state index contributed by atoms with van der Waals surface area (Å²) in [5.41, 5.74) is 3.22. The minimum atomic E-state index is -0.452. The van der Waals surface area contributed by atoms with Crippen molar-refractivity contribution in [2.75, 3.05) is 31.6 Å². The maximum Gasteiger partial charge on any atom is 0.238 e. The predicted octanol–water partition coefficient (Wildman–Crippen LogP) is 1.73. The first-order valence-electron chi connectivity index (χ1n) is 9.11. The molecule has 1 aromatic carbocycles. The van der Waals surface area contributed by atoms with Crippen molar-refractivity contribution in [2.24, 2.45) is 0 Å². The van der Waals surface area contributed by atoms with E-state index in [1.807, 2.05) is 6.07 Å². The fourth-order valence-corrected chi connectivity index (χ4v) is 4.43. The molecule has 0 radical (unpaired) electrons. The van der Waals surface area contributed by atoms with Crippen LogP contribution in [-0.4, -0.2) is 53.9 Å². The molecule has 2 fully saturated rings. The standard InChI is InChI=1S/C19H26N2O3/c22-17-7-9-21(13-19(17)8-2-10-24-19)12-18(23)20-16-6-5-14-3-1-4-15(14)11-16/h5-6,11,17,22H,1-4,7-10,12-13H2,(H,20,23)/t17-,19-/m0/s1. The summed E-state index contributed by atoms with van der Waals surface area (Å²) >= 11 is 0. The Kier molecular flexibility index (Phi) is 4.33. The molecule has 130 valence electrons. The molecule has 2 N–H and O–H groups in total. The first kappa shape index (κ1) is 16.1. The highest BCUT2D eigenvalue weighted by atomic mass is 16.5. The van der Waals surface area contributed by atoms with Gasteiger partial charge in [0, 0.05) is 25.4 Å². The third kappa shape index (κ3) is 3.08. The number of amides is 1. The molecule has 2 heterocycles.